The van der Waals surface area contributed by atoms with E-state index in [0.29, 0.717) is 42.1 Å². The topological polar surface area (TPSA) is 117 Å². The zero-order valence-corrected chi connectivity index (χ0v) is 19.0. The molecule has 0 spiro atoms. The molecular formula is C24H24N8O2. The van der Waals surface area contributed by atoms with E-state index in [1.54, 1.807) is 23.0 Å². The number of amides is 1. The Morgan fingerprint density at radius 3 is 2.97 bits per heavy atom. The summed E-state index contributed by atoms with van der Waals surface area (Å²) in [5.41, 5.74) is 10.00. The van der Waals surface area contributed by atoms with E-state index < -0.39 is 0 Å². The number of hydrogen-bond acceptors (Lipinski definition) is 7. The van der Waals surface area contributed by atoms with Crippen molar-refractivity contribution in [2.45, 2.75) is 18.5 Å². The fraction of sp³-hybridized carbons (Fsp3) is 0.292. The Kier molecular flexibility index (Phi) is 5.47. The normalized spacial score (nSPS) is 17.8. The summed E-state index contributed by atoms with van der Waals surface area (Å²) in [6, 6.07) is 5.67. The number of nitrogens with zero attached hydrogens (tertiary/aromatic N) is 7. The maximum atomic E-state index is 12.4. The number of ether oxygens (including phenoxy) is 1. The van der Waals surface area contributed by atoms with Gasteiger partial charge in [-0.2, -0.15) is 5.10 Å². The maximum Gasteiger partial charge on any atom is 0.246 e. The minimum absolute atomic E-state index is 0.0847. The average molecular weight is 457 g/mol. The van der Waals surface area contributed by atoms with Crippen LogP contribution in [0.15, 0.2) is 43.5 Å². The van der Waals surface area contributed by atoms with Gasteiger partial charge in [-0.25, -0.2) is 19.6 Å². The fourth-order valence-electron chi connectivity index (χ4n) is 4.49. The van der Waals surface area contributed by atoms with Crippen molar-refractivity contribution in [2.24, 2.45) is 7.05 Å². The van der Waals surface area contributed by atoms with Gasteiger partial charge in [-0.3, -0.25) is 4.79 Å². The monoisotopic (exact) mass is 456 g/mol. The summed E-state index contributed by atoms with van der Waals surface area (Å²) >= 11 is 0. The molecule has 4 heterocycles. The number of fused-ring (bicyclic) bond motifs is 2. The Labute approximate surface area is 196 Å². The fourth-order valence-corrected chi connectivity index (χ4v) is 4.49. The molecular weight excluding hydrogens is 432 g/mol. The Hall–Kier alpha value is -4.23. The Balaban J connectivity index is 1.54. The summed E-state index contributed by atoms with van der Waals surface area (Å²) in [5.74, 6) is 6.48. The predicted molar refractivity (Wildman–Crippen MR) is 128 cm³/mol. The van der Waals surface area contributed by atoms with Gasteiger partial charge in [0.1, 0.15) is 17.8 Å². The number of aryl methyl sites for hydroxylation is 1. The van der Waals surface area contributed by atoms with Crippen LogP contribution in [0.5, 0.6) is 0 Å². The Bertz CT molecular complexity index is 1470. The molecule has 1 saturated heterocycles. The number of rotatable bonds is 4. The van der Waals surface area contributed by atoms with Gasteiger partial charge in [-0.05, 0) is 36.6 Å². The number of methoxy groups -OCH3 is 1. The number of aromatic nitrogens is 6. The van der Waals surface area contributed by atoms with Crippen LogP contribution in [0.25, 0.3) is 22.1 Å². The van der Waals surface area contributed by atoms with Crippen LogP contribution in [0.4, 0.5) is 5.82 Å². The van der Waals surface area contributed by atoms with Crippen molar-refractivity contribution in [3.63, 3.8) is 0 Å². The first-order valence-electron chi connectivity index (χ1n) is 10.8. The van der Waals surface area contributed by atoms with Gasteiger partial charge >= 0.3 is 0 Å². The molecule has 3 aromatic heterocycles. The second-order valence-electron chi connectivity index (χ2n) is 8.25. The molecule has 1 amide bonds. The third-order valence-electron chi connectivity index (χ3n) is 6.12. The minimum atomic E-state index is -0.139. The molecule has 0 unspecified atom stereocenters. The van der Waals surface area contributed by atoms with Crippen molar-refractivity contribution in [1.82, 2.24) is 34.2 Å². The number of carbonyl (C=O) groups excluding carboxylic acids is 1. The summed E-state index contributed by atoms with van der Waals surface area (Å²) < 4.78 is 9.09. The average Bonchev–Trinajstić information content (AvgIpc) is 3.53. The van der Waals surface area contributed by atoms with Crippen molar-refractivity contribution in [2.75, 3.05) is 26.0 Å². The van der Waals surface area contributed by atoms with Crippen molar-refractivity contribution in [3.05, 3.63) is 54.8 Å². The van der Waals surface area contributed by atoms with Gasteiger partial charge < -0.3 is 19.9 Å². The molecule has 1 aliphatic heterocycles. The van der Waals surface area contributed by atoms with Gasteiger partial charge in [0.05, 0.1) is 41.4 Å². The standard InChI is InChI=1S/C24H24N8O2/c1-4-21(33)31-11-16(10-17(31)12-34-3)32-24-22(23(25)26-13-27-24)18(29-32)7-5-15-6-8-20-19(9-15)28-14-30(20)2/h4,6,8-9,13-14,16-17H,1,10-12H2,2-3H3,(H2,25,26,27)/t16-,17+/m0/s1. The lowest BCUT2D eigenvalue weighted by Crippen LogP contribution is -2.37. The third-order valence-corrected chi connectivity index (χ3v) is 6.12. The van der Waals surface area contributed by atoms with Gasteiger partial charge in [-0.1, -0.05) is 12.5 Å². The first-order chi connectivity index (χ1) is 16.5. The number of hydrogen-bond donors (Lipinski definition) is 1. The number of likely N-dealkylation sites (tertiary alicyclic amines) is 1. The molecule has 4 aromatic rings. The molecule has 5 rings (SSSR count). The molecule has 0 aliphatic carbocycles. The largest absolute Gasteiger partial charge is 0.383 e. The second kappa shape index (κ2) is 8.61. The summed E-state index contributed by atoms with van der Waals surface area (Å²) in [5, 5.41) is 5.37. The molecule has 10 heteroatoms. The third kappa shape index (κ3) is 3.66. The minimum Gasteiger partial charge on any atom is -0.383 e. The highest BCUT2D eigenvalue weighted by atomic mass is 16.5. The van der Waals surface area contributed by atoms with Crippen molar-refractivity contribution in [1.29, 1.82) is 0 Å². The van der Waals surface area contributed by atoms with Crippen LogP contribution in [0, 0.1) is 11.8 Å². The molecule has 1 aromatic carbocycles. The molecule has 0 radical (unpaired) electrons. The highest BCUT2D eigenvalue weighted by Gasteiger charge is 2.37. The van der Waals surface area contributed by atoms with E-state index in [9.17, 15) is 4.79 Å². The highest BCUT2D eigenvalue weighted by Crippen LogP contribution is 2.32. The van der Waals surface area contributed by atoms with Crippen molar-refractivity contribution >= 4 is 33.8 Å². The number of nitrogens with two attached hydrogens (primary N) is 1. The van der Waals surface area contributed by atoms with Crippen LogP contribution in [0.2, 0.25) is 0 Å². The summed E-state index contributed by atoms with van der Waals surface area (Å²) in [6.45, 7) is 4.51. The molecule has 0 saturated carbocycles. The summed E-state index contributed by atoms with van der Waals surface area (Å²) in [7, 11) is 3.57. The van der Waals surface area contributed by atoms with Crippen LogP contribution >= 0.6 is 0 Å². The molecule has 10 nitrogen and oxygen atoms in total. The summed E-state index contributed by atoms with van der Waals surface area (Å²) in [6.07, 6.45) is 5.17. The van der Waals surface area contributed by atoms with Gasteiger partial charge in [-0.15, -0.1) is 0 Å². The molecule has 172 valence electrons. The van der Waals surface area contributed by atoms with Gasteiger partial charge in [0, 0.05) is 26.3 Å². The lowest BCUT2D eigenvalue weighted by molar-refractivity contribution is -0.127. The SMILES string of the molecule is C=CC(=O)N1C[C@@H](n2nc(C#Cc3ccc4c(c3)ncn4C)c3c(N)ncnc32)C[C@@H]1COC. The molecule has 34 heavy (non-hydrogen) atoms. The van der Waals surface area contributed by atoms with Crippen LogP contribution in [-0.2, 0) is 16.6 Å². The zero-order valence-electron chi connectivity index (χ0n) is 19.0. The van der Waals surface area contributed by atoms with E-state index in [-0.39, 0.29) is 18.0 Å². The first kappa shape index (κ1) is 21.6. The van der Waals surface area contributed by atoms with E-state index in [1.165, 1.54) is 12.4 Å². The lowest BCUT2D eigenvalue weighted by atomic mass is 10.2. The van der Waals surface area contributed by atoms with Crippen LogP contribution in [0.3, 0.4) is 0 Å². The lowest BCUT2D eigenvalue weighted by Gasteiger charge is -2.22. The molecule has 1 fully saturated rings. The van der Waals surface area contributed by atoms with Crippen LogP contribution < -0.4 is 5.73 Å². The number of carbonyl (C=O) groups is 1. The number of anilines is 1. The molecule has 2 atom stereocenters. The zero-order chi connectivity index (χ0) is 23.8. The van der Waals surface area contributed by atoms with E-state index in [1.807, 2.05) is 29.8 Å². The molecule has 1 aliphatic rings. The van der Waals surface area contributed by atoms with Crippen molar-refractivity contribution < 1.29 is 9.53 Å². The molecule has 2 N–H and O–H groups in total. The number of imidazole rings is 1. The second-order valence-corrected chi connectivity index (χ2v) is 8.25. The highest BCUT2D eigenvalue weighted by molar-refractivity contribution is 5.91. The molecule has 0 bridgehead atoms. The van der Waals surface area contributed by atoms with Gasteiger partial charge in [0.25, 0.3) is 0 Å². The van der Waals surface area contributed by atoms with E-state index in [2.05, 4.69) is 33.4 Å². The Morgan fingerprint density at radius 2 is 2.18 bits per heavy atom. The van der Waals surface area contributed by atoms with Crippen LogP contribution in [0.1, 0.15) is 23.7 Å². The number of nitrogen functional groups attached to an aromatic ring is 1. The first-order valence-corrected chi connectivity index (χ1v) is 10.8. The van der Waals surface area contributed by atoms with E-state index in [0.717, 1.165) is 16.6 Å². The predicted octanol–water partition coefficient (Wildman–Crippen LogP) is 1.67. The maximum absolute atomic E-state index is 12.4. The van der Waals surface area contributed by atoms with Gasteiger partial charge in [0.15, 0.2) is 5.65 Å². The smallest absolute Gasteiger partial charge is 0.246 e. The number of benzene rings is 1. The van der Waals surface area contributed by atoms with E-state index >= 15 is 0 Å². The summed E-state index contributed by atoms with van der Waals surface area (Å²) in [4.78, 5) is 27.1. The van der Waals surface area contributed by atoms with Crippen molar-refractivity contribution in [3.8, 4) is 11.8 Å². The Morgan fingerprint density at radius 1 is 1.32 bits per heavy atom. The van der Waals surface area contributed by atoms with Crippen LogP contribution in [-0.4, -0.2) is 66.4 Å². The van der Waals surface area contributed by atoms with Gasteiger partial charge in [0.2, 0.25) is 5.91 Å². The van der Waals surface area contributed by atoms with E-state index in [4.69, 9.17) is 15.6 Å². The quantitative estimate of drug-likeness (QED) is 0.367.